The molecule has 0 atom stereocenters. The summed E-state index contributed by atoms with van der Waals surface area (Å²) < 4.78 is 10.4. The van der Waals surface area contributed by atoms with E-state index in [-0.39, 0.29) is 5.15 Å². The first kappa shape index (κ1) is 10.8. The lowest BCUT2D eigenvalue weighted by Gasteiger charge is -2.06. The molecule has 1 N–H and O–H groups in total. The molecule has 0 fully saturated rings. The third-order valence-electron chi connectivity index (χ3n) is 2.43. The molecule has 0 unspecified atom stereocenters. The van der Waals surface area contributed by atoms with Gasteiger partial charge in [-0.05, 0) is 12.1 Å². The van der Waals surface area contributed by atoms with Crippen molar-refractivity contribution in [2.75, 3.05) is 14.2 Å². The van der Waals surface area contributed by atoms with Gasteiger partial charge in [0.15, 0.2) is 6.29 Å². The number of benzene rings is 1. The average Bonchev–Trinajstić information content (AvgIpc) is 2.64. The van der Waals surface area contributed by atoms with Gasteiger partial charge in [-0.2, -0.15) is 0 Å². The standard InChI is InChI=1S/C11H10ClNO3/c1-15-7-3-4-8(16-2)10-9(7)6(5-14)11(12)13-10/h3-5,13H,1-2H3. The number of carbonyl (C=O) groups is 1. The van der Waals surface area contributed by atoms with Crippen LogP contribution in [0.4, 0.5) is 0 Å². The maximum absolute atomic E-state index is 11.0. The van der Waals surface area contributed by atoms with Crippen molar-refractivity contribution in [3.05, 3.63) is 22.8 Å². The van der Waals surface area contributed by atoms with Gasteiger partial charge in [0.1, 0.15) is 16.7 Å². The van der Waals surface area contributed by atoms with E-state index < -0.39 is 0 Å². The Morgan fingerprint density at radius 3 is 2.44 bits per heavy atom. The van der Waals surface area contributed by atoms with Gasteiger partial charge in [-0.15, -0.1) is 0 Å². The normalized spacial score (nSPS) is 10.4. The Labute approximate surface area is 97.1 Å². The molecule has 0 saturated heterocycles. The summed E-state index contributed by atoms with van der Waals surface area (Å²) in [7, 11) is 3.09. The van der Waals surface area contributed by atoms with Crippen LogP contribution in [0.1, 0.15) is 10.4 Å². The number of fused-ring (bicyclic) bond motifs is 1. The first-order chi connectivity index (χ1) is 7.72. The molecule has 2 aromatic rings. The molecule has 1 heterocycles. The lowest BCUT2D eigenvalue weighted by atomic mass is 10.1. The van der Waals surface area contributed by atoms with Gasteiger partial charge in [0.2, 0.25) is 0 Å². The van der Waals surface area contributed by atoms with Crippen LogP contribution in [-0.4, -0.2) is 25.5 Å². The van der Waals surface area contributed by atoms with E-state index in [1.165, 1.54) is 7.11 Å². The zero-order chi connectivity index (χ0) is 11.7. The lowest BCUT2D eigenvalue weighted by molar-refractivity contribution is 0.112. The molecule has 0 aliphatic carbocycles. The Hall–Kier alpha value is -1.68. The first-order valence-corrected chi connectivity index (χ1v) is 4.98. The van der Waals surface area contributed by atoms with Crippen molar-refractivity contribution in [3.63, 3.8) is 0 Å². The molecule has 0 spiro atoms. The van der Waals surface area contributed by atoms with Crippen molar-refractivity contribution in [2.24, 2.45) is 0 Å². The summed E-state index contributed by atoms with van der Waals surface area (Å²) in [6.45, 7) is 0. The fourth-order valence-electron chi connectivity index (χ4n) is 1.69. The van der Waals surface area contributed by atoms with Gasteiger partial charge in [0, 0.05) is 0 Å². The quantitative estimate of drug-likeness (QED) is 0.838. The second kappa shape index (κ2) is 4.06. The topological polar surface area (TPSA) is 51.3 Å². The van der Waals surface area contributed by atoms with Gasteiger partial charge < -0.3 is 14.5 Å². The van der Waals surface area contributed by atoms with Crippen molar-refractivity contribution < 1.29 is 14.3 Å². The monoisotopic (exact) mass is 239 g/mol. The number of aldehydes is 1. The number of halogens is 1. The number of aromatic amines is 1. The van der Waals surface area contributed by atoms with E-state index in [0.29, 0.717) is 34.3 Å². The largest absolute Gasteiger partial charge is 0.496 e. The Balaban J connectivity index is 2.90. The molecule has 1 aromatic heterocycles. The molecule has 0 saturated carbocycles. The lowest BCUT2D eigenvalue weighted by Crippen LogP contribution is -1.89. The molecule has 0 aliphatic heterocycles. The molecule has 4 nitrogen and oxygen atoms in total. The van der Waals surface area contributed by atoms with Gasteiger partial charge in [-0.3, -0.25) is 4.79 Å². The molecule has 5 heteroatoms. The van der Waals surface area contributed by atoms with E-state index in [4.69, 9.17) is 21.1 Å². The number of nitrogens with one attached hydrogen (secondary N) is 1. The van der Waals surface area contributed by atoms with Crippen LogP contribution in [0, 0.1) is 0 Å². The highest BCUT2D eigenvalue weighted by Crippen LogP contribution is 2.37. The Morgan fingerprint density at radius 1 is 1.25 bits per heavy atom. The van der Waals surface area contributed by atoms with Crippen molar-refractivity contribution in [3.8, 4) is 11.5 Å². The Kier molecular flexibility index (Phi) is 2.75. The summed E-state index contributed by atoms with van der Waals surface area (Å²) in [6, 6.07) is 3.49. The van der Waals surface area contributed by atoms with Crippen LogP contribution in [-0.2, 0) is 0 Å². The molecule has 2 rings (SSSR count). The predicted octanol–water partition coefficient (Wildman–Crippen LogP) is 2.65. The van der Waals surface area contributed by atoms with Crippen LogP contribution in [0.5, 0.6) is 11.5 Å². The van der Waals surface area contributed by atoms with Crippen LogP contribution >= 0.6 is 11.6 Å². The Bertz CT molecular complexity index is 548. The van der Waals surface area contributed by atoms with Crippen LogP contribution in [0.25, 0.3) is 10.9 Å². The molecule has 0 amide bonds. The van der Waals surface area contributed by atoms with Gasteiger partial charge in [0.25, 0.3) is 0 Å². The van der Waals surface area contributed by atoms with Crippen LogP contribution in [0.15, 0.2) is 12.1 Å². The van der Waals surface area contributed by atoms with E-state index in [1.807, 2.05) is 0 Å². The summed E-state index contributed by atoms with van der Waals surface area (Å²) in [6.07, 6.45) is 0.698. The minimum absolute atomic E-state index is 0.285. The number of hydrogen-bond acceptors (Lipinski definition) is 3. The molecular weight excluding hydrogens is 230 g/mol. The van der Waals surface area contributed by atoms with Crippen LogP contribution < -0.4 is 9.47 Å². The highest BCUT2D eigenvalue weighted by atomic mass is 35.5. The highest BCUT2D eigenvalue weighted by molar-refractivity contribution is 6.34. The minimum atomic E-state index is 0.285. The predicted molar refractivity (Wildman–Crippen MR) is 61.8 cm³/mol. The number of methoxy groups -OCH3 is 2. The van der Waals surface area contributed by atoms with Crippen molar-refractivity contribution >= 4 is 28.8 Å². The molecule has 0 radical (unpaired) electrons. The van der Waals surface area contributed by atoms with Crippen LogP contribution in [0.2, 0.25) is 5.15 Å². The number of H-pyrrole nitrogens is 1. The number of rotatable bonds is 3. The SMILES string of the molecule is COc1ccc(OC)c2c(C=O)c(Cl)[nH]c12. The number of carbonyl (C=O) groups excluding carboxylic acids is 1. The number of ether oxygens (including phenoxy) is 2. The third-order valence-corrected chi connectivity index (χ3v) is 2.73. The Morgan fingerprint density at radius 2 is 1.88 bits per heavy atom. The second-order valence-corrected chi connectivity index (χ2v) is 3.57. The fraction of sp³-hybridized carbons (Fsp3) is 0.182. The summed E-state index contributed by atoms with van der Waals surface area (Å²) in [5, 5.41) is 0.926. The second-order valence-electron chi connectivity index (χ2n) is 3.19. The smallest absolute Gasteiger partial charge is 0.153 e. The third kappa shape index (κ3) is 1.42. The average molecular weight is 240 g/mol. The minimum Gasteiger partial charge on any atom is -0.496 e. The van der Waals surface area contributed by atoms with E-state index >= 15 is 0 Å². The van der Waals surface area contributed by atoms with E-state index in [9.17, 15) is 4.79 Å². The van der Waals surface area contributed by atoms with Gasteiger partial charge in [0.05, 0.1) is 30.7 Å². The molecule has 84 valence electrons. The summed E-state index contributed by atoms with van der Waals surface area (Å²) in [5.74, 6) is 1.20. The van der Waals surface area contributed by atoms with Crippen LogP contribution in [0.3, 0.4) is 0 Å². The zero-order valence-electron chi connectivity index (χ0n) is 8.83. The maximum atomic E-state index is 11.0. The summed E-state index contributed by atoms with van der Waals surface area (Å²) in [4.78, 5) is 13.9. The van der Waals surface area contributed by atoms with Crippen molar-refractivity contribution in [2.45, 2.75) is 0 Å². The first-order valence-electron chi connectivity index (χ1n) is 4.60. The van der Waals surface area contributed by atoms with Gasteiger partial charge in [-0.25, -0.2) is 0 Å². The molecule has 0 aliphatic rings. The summed E-state index contributed by atoms with van der Waals surface area (Å²) in [5.41, 5.74) is 1.04. The number of hydrogen-bond donors (Lipinski definition) is 1. The summed E-state index contributed by atoms with van der Waals surface area (Å²) >= 11 is 5.93. The van der Waals surface area contributed by atoms with Gasteiger partial charge >= 0.3 is 0 Å². The highest BCUT2D eigenvalue weighted by Gasteiger charge is 2.16. The van der Waals surface area contributed by atoms with E-state index in [0.717, 1.165) is 0 Å². The zero-order valence-corrected chi connectivity index (χ0v) is 9.59. The van der Waals surface area contributed by atoms with E-state index in [2.05, 4.69) is 4.98 Å². The fourth-order valence-corrected chi connectivity index (χ4v) is 1.93. The molecular formula is C11H10ClNO3. The van der Waals surface area contributed by atoms with Gasteiger partial charge in [-0.1, -0.05) is 11.6 Å². The molecule has 16 heavy (non-hydrogen) atoms. The van der Waals surface area contributed by atoms with Crippen molar-refractivity contribution in [1.82, 2.24) is 4.98 Å². The van der Waals surface area contributed by atoms with Crippen molar-refractivity contribution in [1.29, 1.82) is 0 Å². The number of aromatic nitrogens is 1. The molecule has 1 aromatic carbocycles. The van der Waals surface area contributed by atoms with E-state index in [1.54, 1.807) is 19.2 Å². The maximum Gasteiger partial charge on any atom is 0.153 e. The molecule has 0 bridgehead atoms.